The molecule has 0 amide bonds. The number of rotatable bonds is 4. The Morgan fingerprint density at radius 2 is 1.79 bits per heavy atom. The lowest BCUT2D eigenvalue weighted by Gasteiger charge is -2.33. The van der Waals surface area contributed by atoms with Gasteiger partial charge in [-0.3, -0.25) is 15.4 Å². The zero-order chi connectivity index (χ0) is 26.6. The molecule has 38 heavy (non-hydrogen) atoms. The average molecular weight is 509 g/mol. The Bertz CT molecular complexity index is 1500. The zero-order valence-corrected chi connectivity index (χ0v) is 22.4. The van der Waals surface area contributed by atoms with Gasteiger partial charge in [0.1, 0.15) is 17.3 Å². The van der Waals surface area contributed by atoms with Gasteiger partial charge in [0.2, 0.25) is 0 Å². The summed E-state index contributed by atoms with van der Waals surface area (Å²) in [6.45, 7) is 10.3. The molecule has 0 saturated carbocycles. The van der Waals surface area contributed by atoms with Gasteiger partial charge in [0.25, 0.3) is 0 Å². The maximum atomic E-state index is 15.4. The van der Waals surface area contributed by atoms with Gasteiger partial charge in [-0.2, -0.15) is 0 Å². The first-order valence-corrected chi connectivity index (χ1v) is 13.4. The molecule has 6 rings (SSSR count). The highest BCUT2D eigenvalue weighted by Crippen LogP contribution is 2.44. The molecule has 3 aromatic rings. The van der Waals surface area contributed by atoms with E-state index in [1.807, 2.05) is 31.5 Å². The van der Waals surface area contributed by atoms with Crippen LogP contribution in [0.3, 0.4) is 0 Å². The first-order valence-electron chi connectivity index (χ1n) is 13.4. The van der Waals surface area contributed by atoms with Gasteiger partial charge in [-0.05, 0) is 90.9 Å². The molecule has 1 atom stereocenters. The van der Waals surface area contributed by atoms with E-state index in [0.29, 0.717) is 23.0 Å². The molecule has 3 aliphatic rings. The molecule has 4 heterocycles. The largest absolute Gasteiger partial charge is 0.354 e. The number of aliphatic imine (C=N–C) groups is 1. The molecule has 1 N–H and O–H groups in total. The van der Waals surface area contributed by atoms with Gasteiger partial charge in [-0.25, -0.2) is 9.37 Å². The van der Waals surface area contributed by atoms with E-state index in [0.717, 1.165) is 77.5 Å². The van der Waals surface area contributed by atoms with E-state index < -0.39 is 0 Å². The summed E-state index contributed by atoms with van der Waals surface area (Å²) in [5, 5.41) is 8.57. The van der Waals surface area contributed by atoms with Crippen LogP contribution in [0.2, 0.25) is 0 Å². The van der Waals surface area contributed by atoms with E-state index in [1.54, 1.807) is 6.07 Å². The van der Waals surface area contributed by atoms with Crippen LogP contribution in [0.1, 0.15) is 55.5 Å². The molecule has 7 heteroatoms. The summed E-state index contributed by atoms with van der Waals surface area (Å²) < 4.78 is 15.4. The van der Waals surface area contributed by atoms with Crippen molar-refractivity contribution in [1.29, 1.82) is 5.41 Å². The Hall–Kier alpha value is -3.71. The van der Waals surface area contributed by atoms with E-state index in [4.69, 9.17) is 5.41 Å². The highest BCUT2D eigenvalue weighted by atomic mass is 19.1. The van der Waals surface area contributed by atoms with E-state index in [2.05, 4.69) is 63.9 Å². The molecule has 1 fully saturated rings. The number of allylic oxidation sites excluding steroid dienone is 1. The van der Waals surface area contributed by atoms with Crippen LogP contribution in [0.25, 0.3) is 16.7 Å². The third-order valence-electron chi connectivity index (χ3n) is 8.05. The number of halogens is 1. The molecule has 1 unspecified atom stereocenters. The van der Waals surface area contributed by atoms with Crippen molar-refractivity contribution in [3.8, 4) is 11.1 Å². The fourth-order valence-corrected chi connectivity index (χ4v) is 5.81. The van der Waals surface area contributed by atoms with Crippen LogP contribution in [0.4, 0.5) is 15.9 Å². The summed E-state index contributed by atoms with van der Waals surface area (Å²) >= 11 is 0. The zero-order valence-electron chi connectivity index (χ0n) is 22.4. The number of hydrogen-bond donors (Lipinski definition) is 1. The number of fused-ring (bicyclic) bond motifs is 2. The van der Waals surface area contributed by atoms with Crippen molar-refractivity contribution >= 4 is 28.5 Å². The van der Waals surface area contributed by atoms with E-state index in [-0.39, 0.29) is 11.7 Å². The monoisotopic (exact) mass is 508 g/mol. The number of anilines is 1. The second kappa shape index (κ2) is 9.55. The first-order chi connectivity index (χ1) is 18.3. The van der Waals surface area contributed by atoms with Gasteiger partial charge >= 0.3 is 0 Å². The molecule has 0 bridgehead atoms. The minimum atomic E-state index is -0.307. The molecular formula is C31H33FN6. The molecule has 0 spiro atoms. The number of piperazine rings is 1. The summed E-state index contributed by atoms with van der Waals surface area (Å²) in [5.41, 5.74) is 7.83. The normalized spacial score (nSPS) is 19.4. The van der Waals surface area contributed by atoms with Crippen LogP contribution in [0, 0.1) is 17.1 Å². The van der Waals surface area contributed by atoms with Crippen LogP contribution in [0.15, 0.2) is 53.8 Å². The smallest absolute Gasteiger partial charge is 0.149 e. The van der Waals surface area contributed by atoms with Crippen LogP contribution in [0.5, 0.6) is 0 Å². The molecular weight excluding hydrogens is 475 g/mol. The molecule has 6 nitrogen and oxygen atoms in total. The standard InChI is InChI=1S/C31H33FN6/c1-18(2)23-11-19(3)36-30-25(23)12-21(14-27(30)32)24-16-28(33)31-26(24)13-22(17-35-31)20-5-6-34-29(15-20)38-9-7-37(4)8-10-38/h5-6,12-18,23,33H,7-11H2,1-4H3. The van der Waals surface area contributed by atoms with Gasteiger partial charge in [0, 0.05) is 55.4 Å². The topological polar surface area (TPSA) is 68.5 Å². The van der Waals surface area contributed by atoms with E-state index in [9.17, 15) is 0 Å². The number of aromatic nitrogens is 2. The molecule has 1 aromatic carbocycles. The van der Waals surface area contributed by atoms with Crippen molar-refractivity contribution in [3.05, 3.63) is 77.0 Å². The summed E-state index contributed by atoms with van der Waals surface area (Å²) in [6, 6.07) is 9.84. The van der Waals surface area contributed by atoms with Gasteiger partial charge in [-0.1, -0.05) is 13.8 Å². The molecule has 194 valence electrons. The van der Waals surface area contributed by atoms with Gasteiger partial charge in [0.15, 0.2) is 0 Å². The molecule has 0 radical (unpaired) electrons. The van der Waals surface area contributed by atoms with Gasteiger partial charge in [-0.15, -0.1) is 0 Å². The molecule has 2 aliphatic heterocycles. The Labute approximate surface area is 223 Å². The van der Waals surface area contributed by atoms with Crippen LogP contribution in [-0.4, -0.2) is 59.5 Å². The lowest BCUT2D eigenvalue weighted by molar-refractivity contribution is 0.312. The van der Waals surface area contributed by atoms with Crippen molar-refractivity contribution in [1.82, 2.24) is 14.9 Å². The summed E-state index contributed by atoms with van der Waals surface area (Å²) in [7, 11) is 2.14. The number of hydrogen-bond acceptors (Lipinski definition) is 6. The highest BCUT2D eigenvalue weighted by Gasteiger charge is 2.29. The van der Waals surface area contributed by atoms with Gasteiger partial charge < -0.3 is 9.80 Å². The fraction of sp³-hybridized carbons (Fsp3) is 0.355. The van der Waals surface area contributed by atoms with Crippen LogP contribution in [-0.2, 0) is 0 Å². The Kier molecular flexibility index (Phi) is 6.19. The minimum Gasteiger partial charge on any atom is -0.354 e. The quantitative estimate of drug-likeness (QED) is 0.464. The Morgan fingerprint density at radius 1 is 1.00 bits per heavy atom. The van der Waals surface area contributed by atoms with Crippen LogP contribution >= 0.6 is 0 Å². The SMILES string of the molecule is CC1=Nc2c(F)cc(C3=CC(=N)c4ncc(-c5ccnc(N6CCN(C)CC6)c5)cc43)cc2C(C(C)C)C1. The third kappa shape index (κ3) is 4.35. The second-order valence-corrected chi connectivity index (χ2v) is 11.1. The lowest BCUT2D eigenvalue weighted by atomic mass is 9.80. The highest BCUT2D eigenvalue weighted by molar-refractivity contribution is 6.19. The third-order valence-corrected chi connectivity index (χ3v) is 8.05. The van der Waals surface area contributed by atoms with Crippen molar-refractivity contribution < 1.29 is 4.39 Å². The van der Waals surface area contributed by atoms with Crippen LogP contribution < -0.4 is 4.90 Å². The maximum absolute atomic E-state index is 15.4. The summed E-state index contributed by atoms with van der Waals surface area (Å²) in [6.07, 6.45) is 6.32. The molecule has 1 aliphatic carbocycles. The van der Waals surface area contributed by atoms with Gasteiger partial charge in [0.05, 0.1) is 11.4 Å². The maximum Gasteiger partial charge on any atom is 0.149 e. The van der Waals surface area contributed by atoms with E-state index >= 15 is 4.39 Å². The molecule has 2 aromatic heterocycles. The Balaban J connectivity index is 1.39. The predicted molar refractivity (Wildman–Crippen MR) is 152 cm³/mol. The number of benzene rings is 1. The Morgan fingerprint density at radius 3 is 2.55 bits per heavy atom. The molecule has 1 saturated heterocycles. The van der Waals surface area contributed by atoms with Crippen molar-refractivity contribution in [3.63, 3.8) is 0 Å². The first kappa shape index (κ1) is 24.6. The minimum absolute atomic E-state index is 0.215. The number of pyridine rings is 2. The fourth-order valence-electron chi connectivity index (χ4n) is 5.81. The predicted octanol–water partition coefficient (Wildman–Crippen LogP) is 6.08. The number of nitrogens with one attached hydrogen (secondary N) is 1. The van der Waals surface area contributed by atoms with Crippen molar-refractivity contribution in [2.75, 3.05) is 38.1 Å². The van der Waals surface area contributed by atoms with Crippen molar-refractivity contribution in [2.45, 2.75) is 33.1 Å². The number of nitrogens with zero attached hydrogens (tertiary/aromatic N) is 5. The summed E-state index contributed by atoms with van der Waals surface area (Å²) in [4.78, 5) is 18.5. The number of likely N-dealkylation sites (N-methyl/N-ethyl adjacent to an activating group) is 1. The van der Waals surface area contributed by atoms with Crippen molar-refractivity contribution in [2.24, 2.45) is 10.9 Å². The average Bonchev–Trinajstić information content (AvgIpc) is 3.24. The van der Waals surface area contributed by atoms with E-state index in [1.165, 1.54) is 0 Å². The summed E-state index contributed by atoms with van der Waals surface area (Å²) in [5.74, 6) is 1.24. The lowest BCUT2D eigenvalue weighted by Crippen LogP contribution is -2.44. The second-order valence-electron chi connectivity index (χ2n) is 11.1.